The molecular formula is C22H18N6O4S2. The lowest BCUT2D eigenvalue weighted by Gasteiger charge is -2.13. The molecular weight excluding hydrogens is 476 g/mol. The van der Waals surface area contributed by atoms with Gasteiger partial charge in [-0.05, 0) is 59.4 Å². The van der Waals surface area contributed by atoms with Crippen LogP contribution in [0.5, 0.6) is 0 Å². The van der Waals surface area contributed by atoms with Crippen molar-refractivity contribution in [1.82, 2.24) is 15.1 Å². The van der Waals surface area contributed by atoms with Crippen LogP contribution in [0.2, 0.25) is 0 Å². The molecule has 0 bridgehead atoms. The van der Waals surface area contributed by atoms with Gasteiger partial charge in [0.05, 0.1) is 16.8 Å². The Kier molecular flexibility index (Phi) is 6.11. The zero-order chi connectivity index (χ0) is 24.5. The molecule has 0 spiro atoms. The SMILES string of the molecule is NC(=O)c1cnn(-c2ccc(S(N)(=O)=O)cc2)c1NC(=S)NC(=O)c1ccc2ccccc2c1. The number of hydrogen-bond acceptors (Lipinski definition) is 6. The minimum atomic E-state index is -3.88. The summed E-state index contributed by atoms with van der Waals surface area (Å²) in [4.78, 5) is 24.5. The van der Waals surface area contributed by atoms with E-state index in [1.165, 1.54) is 35.1 Å². The van der Waals surface area contributed by atoms with E-state index in [1.807, 2.05) is 30.3 Å². The summed E-state index contributed by atoms with van der Waals surface area (Å²) in [5, 5.41) is 16.4. The molecule has 2 amide bonds. The Hall–Kier alpha value is -4.13. The minimum absolute atomic E-state index is 0.0119. The molecule has 4 aromatic rings. The molecule has 0 saturated heterocycles. The summed E-state index contributed by atoms with van der Waals surface area (Å²) in [5.74, 6) is -1.13. The number of anilines is 1. The maximum Gasteiger partial charge on any atom is 0.257 e. The van der Waals surface area contributed by atoms with Gasteiger partial charge < -0.3 is 11.1 Å². The van der Waals surface area contributed by atoms with Crippen LogP contribution >= 0.6 is 12.2 Å². The highest BCUT2D eigenvalue weighted by atomic mass is 32.2. The molecule has 1 aromatic heterocycles. The first-order valence-corrected chi connectivity index (χ1v) is 11.7. The number of nitrogens with two attached hydrogens (primary N) is 2. The molecule has 0 unspecified atom stereocenters. The molecule has 10 nitrogen and oxygen atoms in total. The maximum absolute atomic E-state index is 12.7. The predicted molar refractivity (Wildman–Crippen MR) is 131 cm³/mol. The molecule has 34 heavy (non-hydrogen) atoms. The van der Waals surface area contributed by atoms with Crippen LogP contribution in [0.3, 0.4) is 0 Å². The highest BCUT2D eigenvalue weighted by Crippen LogP contribution is 2.21. The van der Waals surface area contributed by atoms with Gasteiger partial charge in [0, 0.05) is 5.56 Å². The number of sulfonamides is 1. The van der Waals surface area contributed by atoms with Gasteiger partial charge in [-0.15, -0.1) is 0 Å². The summed E-state index contributed by atoms with van der Waals surface area (Å²) >= 11 is 5.27. The van der Waals surface area contributed by atoms with Crippen molar-refractivity contribution < 1.29 is 18.0 Å². The van der Waals surface area contributed by atoms with Crippen molar-refractivity contribution in [1.29, 1.82) is 0 Å². The number of rotatable bonds is 5. The molecule has 3 aromatic carbocycles. The fourth-order valence-electron chi connectivity index (χ4n) is 3.27. The summed E-state index contributed by atoms with van der Waals surface area (Å²) in [6.07, 6.45) is 1.23. The first kappa shape index (κ1) is 23.0. The van der Waals surface area contributed by atoms with Gasteiger partial charge in [0.1, 0.15) is 11.4 Å². The van der Waals surface area contributed by atoms with E-state index < -0.39 is 21.8 Å². The van der Waals surface area contributed by atoms with Crippen molar-refractivity contribution in [3.63, 3.8) is 0 Å². The maximum atomic E-state index is 12.7. The number of nitrogens with zero attached hydrogens (tertiary/aromatic N) is 2. The number of primary amides is 1. The van der Waals surface area contributed by atoms with E-state index >= 15 is 0 Å². The van der Waals surface area contributed by atoms with Crippen LogP contribution in [0.25, 0.3) is 16.5 Å². The Morgan fingerprint density at radius 1 is 0.971 bits per heavy atom. The largest absolute Gasteiger partial charge is 0.365 e. The molecule has 172 valence electrons. The van der Waals surface area contributed by atoms with Gasteiger partial charge in [0.25, 0.3) is 11.8 Å². The zero-order valence-electron chi connectivity index (χ0n) is 17.4. The molecule has 6 N–H and O–H groups in total. The van der Waals surface area contributed by atoms with Crippen LogP contribution in [-0.4, -0.2) is 35.1 Å². The van der Waals surface area contributed by atoms with E-state index in [-0.39, 0.29) is 21.4 Å². The van der Waals surface area contributed by atoms with Gasteiger partial charge in [0.2, 0.25) is 10.0 Å². The van der Waals surface area contributed by atoms with Gasteiger partial charge in [-0.3, -0.25) is 14.9 Å². The lowest BCUT2D eigenvalue weighted by Crippen LogP contribution is -2.35. The van der Waals surface area contributed by atoms with Crippen molar-refractivity contribution in [3.05, 3.63) is 84.1 Å². The van der Waals surface area contributed by atoms with Crippen molar-refractivity contribution >= 4 is 55.8 Å². The molecule has 0 fully saturated rings. The highest BCUT2D eigenvalue weighted by molar-refractivity contribution is 7.89. The van der Waals surface area contributed by atoms with E-state index in [0.717, 1.165) is 10.8 Å². The molecule has 0 saturated carbocycles. The fourth-order valence-corrected chi connectivity index (χ4v) is 3.97. The Balaban J connectivity index is 1.58. The first-order chi connectivity index (χ1) is 16.1. The molecule has 4 rings (SSSR count). The van der Waals surface area contributed by atoms with Crippen LogP contribution in [-0.2, 0) is 10.0 Å². The number of nitrogens with one attached hydrogen (secondary N) is 2. The number of primary sulfonamides is 1. The number of amides is 2. The van der Waals surface area contributed by atoms with Gasteiger partial charge >= 0.3 is 0 Å². The summed E-state index contributed by atoms with van der Waals surface area (Å²) in [6, 6.07) is 18.3. The molecule has 0 radical (unpaired) electrons. The van der Waals surface area contributed by atoms with Crippen molar-refractivity contribution in [3.8, 4) is 5.69 Å². The Morgan fingerprint density at radius 2 is 1.65 bits per heavy atom. The Labute approximate surface area is 199 Å². The number of fused-ring (bicyclic) bond motifs is 1. The summed E-state index contributed by atoms with van der Waals surface area (Å²) in [5.41, 5.74) is 6.25. The third-order valence-corrected chi connectivity index (χ3v) is 6.05. The molecule has 0 aliphatic carbocycles. The third kappa shape index (κ3) is 4.78. The number of aromatic nitrogens is 2. The van der Waals surface area contributed by atoms with E-state index in [9.17, 15) is 18.0 Å². The van der Waals surface area contributed by atoms with Crippen molar-refractivity contribution in [2.75, 3.05) is 5.32 Å². The normalized spacial score (nSPS) is 11.2. The van der Waals surface area contributed by atoms with Gasteiger partial charge in [0.15, 0.2) is 5.11 Å². The zero-order valence-corrected chi connectivity index (χ0v) is 19.1. The van der Waals surface area contributed by atoms with Crippen LogP contribution < -0.4 is 21.5 Å². The molecule has 12 heteroatoms. The number of thiocarbonyl (C=S) groups is 1. The number of benzene rings is 3. The highest BCUT2D eigenvalue weighted by Gasteiger charge is 2.19. The van der Waals surface area contributed by atoms with E-state index in [1.54, 1.807) is 12.1 Å². The van der Waals surface area contributed by atoms with Gasteiger partial charge in [-0.25, -0.2) is 18.2 Å². The van der Waals surface area contributed by atoms with Gasteiger partial charge in [-0.2, -0.15) is 5.10 Å². The quantitative estimate of drug-likeness (QED) is 0.308. The van der Waals surface area contributed by atoms with Crippen LogP contribution in [0.4, 0.5) is 5.82 Å². The second-order valence-corrected chi connectivity index (χ2v) is 9.16. The summed E-state index contributed by atoms with van der Waals surface area (Å²) in [6.45, 7) is 0. The lowest BCUT2D eigenvalue weighted by molar-refractivity contribution is 0.0975. The topological polar surface area (TPSA) is 162 Å². The standard InChI is InChI=1S/C22H18N6O4S2/c23-19(29)18-12-25-28(16-7-9-17(10-8-16)34(24,31)32)20(18)26-22(33)27-21(30)15-6-5-13-3-1-2-4-14(13)11-15/h1-12H,(H2,23,29)(H2,24,31,32)(H2,26,27,30,33). The number of carbonyl (C=O) groups is 2. The Morgan fingerprint density at radius 3 is 2.29 bits per heavy atom. The average molecular weight is 495 g/mol. The lowest BCUT2D eigenvalue weighted by atomic mass is 10.1. The van der Waals surface area contributed by atoms with Crippen molar-refractivity contribution in [2.45, 2.75) is 4.90 Å². The van der Waals surface area contributed by atoms with E-state index in [2.05, 4.69) is 15.7 Å². The smallest absolute Gasteiger partial charge is 0.257 e. The monoisotopic (exact) mass is 494 g/mol. The Bertz CT molecular complexity index is 1550. The third-order valence-electron chi connectivity index (χ3n) is 4.92. The summed E-state index contributed by atoms with van der Waals surface area (Å²) in [7, 11) is -3.88. The average Bonchev–Trinajstić information content (AvgIpc) is 3.21. The number of carbonyl (C=O) groups excluding carboxylic acids is 2. The predicted octanol–water partition coefficient (Wildman–Crippen LogP) is 1.90. The number of hydrogen-bond donors (Lipinski definition) is 4. The second kappa shape index (κ2) is 9.02. The van der Waals surface area contributed by atoms with Crippen LogP contribution in [0.15, 0.2) is 77.8 Å². The molecule has 1 heterocycles. The molecule has 0 atom stereocenters. The first-order valence-electron chi connectivity index (χ1n) is 9.76. The molecule has 0 aliphatic rings. The minimum Gasteiger partial charge on any atom is -0.365 e. The summed E-state index contributed by atoms with van der Waals surface area (Å²) < 4.78 is 24.3. The van der Waals surface area contributed by atoms with Gasteiger partial charge in [-0.1, -0.05) is 30.3 Å². The second-order valence-electron chi connectivity index (χ2n) is 7.19. The van der Waals surface area contributed by atoms with E-state index in [0.29, 0.717) is 11.3 Å². The fraction of sp³-hybridized carbons (Fsp3) is 0. The van der Waals surface area contributed by atoms with Crippen LogP contribution in [0, 0.1) is 0 Å². The van der Waals surface area contributed by atoms with Crippen molar-refractivity contribution in [2.24, 2.45) is 10.9 Å². The molecule has 0 aliphatic heterocycles. The van der Waals surface area contributed by atoms with E-state index in [4.69, 9.17) is 23.1 Å². The van der Waals surface area contributed by atoms with Crippen LogP contribution in [0.1, 0.15) is 20.7 Å².